The summed E-state index contributed by atoms with van der Waals surface area (Å²) in [5.41, 5.74) is 0. The number of nitrogens with zero attached hydrogens (tertiary/aromatic N) is 4. The van der Waals surface area contributed by atoms with Crippen LogP contribution in [0.2, 0.25) is 0 Å². The summed E-state index contributed by atoms with van der Waals surface area (Å²) >= 11 is 0. The predicted octanol–water partition coefficient (Wildman–Crippen LogP) is -0.520. The van der Waals surface area contributed by atoms with E-state index in [9.17, 15) is 24.3 Å². The Bertz CT molecular complexity index is 734. The number of rotatable bonds is 14. The molecule has 1 rings (SSSR count). The molecule has 0 bridgehead atoms. The second kappa shape index (κ2) is 19.1. The van der Waals surface area contributed by atoms with Gasteiger partial charge in [0.1, 0.15) is 19.8 Å². The summed E-state index contributed by atoms with van der Waals surface area (Å²) in [4.78, 5) is 55.6. The minimum Gasteiger partial charge on any atom is -0.480 e. The van der Waals surface area contributed by atoms with E-state index in [4.69, 9.17) is 14.2 Å². The monoisotopic (exact) mass is 524 g/mol. The third kappa shape index (κ3) is 15.6. The lowest BCUT2D eigenvalue weighted by molar-refractivity contribution is -0.146. The van der Waals surface area contributed by atoms with Gasteiger partial charge in [-0.3, -0.25) is 38.8 Å². The molecule has 0 amide bonds. The highest BCUT2D eigenvalue weighted by Crippen LogP contribution is 2.03. The normalized spacial score (nSPS) is 17.0. The van der Waals surface area contributed by atoms with Crippen LogP contribution >= 0.6 is 0 Å². The SMILES string of the molecule is C=CCOC(=O)CN1CCN(CC(=O)O)CCN(CC(=O)OCC=C)CCN(CC(=O)OCC=C)CC1. The zero-order chi connectivity index (χ0) is 27.5. The third-order valence-corrected chi connectivity index (χ3v) is 5.43. The number of carboxylic acids is 1. The number of aliphatic carboxylic acids is 1. The Morgan fingerprint density at radius 2 is 0.784 bits per heavy atom. The molecular weight excluding hydrogens is 484 g/mol. The molecule has 1 heterocycles. The van der Waals surface area contributed by atoms with Gasteiger partial charge in [-0.2, -0.15) is 0 Å². The molecule has 0 radical (unpaired) electrons. The number of carbonyl (C=O) groups excluding carboxylic acids is 3. The summed E-state index contributed by atoms with van der Waals surface area (Å²) in [6.45, 7) is 14.1. The van der Waals surface area contributed by atoms with Crippen LogP contribution in [0.25, 0.3) is 0 Å². The van der Waals surface area contributed by atoms with Gasteiger partial charge in [-0.05, 0) is 0 Å². The van der Waals surface area contributed by atoms with E-state index < -0.39 is 23.9 Å². The van der Waals surface area contributed by atoms with E-state index in [0.717, 1.165) is 0 Å². The highest BCUT2D eigenvalue weighted by Gasteiger charge is 2.22. The molecule has 0 aliphatic carbocycles. The van der Waals surface area contributed by atoms with Gasteiger partial charge >= 0.3 is 23.9 Å². The van der Waals surface area contributed by atoms with Gasteiger partial charge in [-0.25, -0.2) is 0 Å². The van der Waals surface area contributed by atoms with Gasteiger partial charge in [0.2, 0.25) is 0 Å². The average Bonchev–Trinajstić information content (AvgIpc) is 2.85. The van der Waals surface area contributed by atoms with Crippen molar-refractivity contribution in [2.45, 2.75) is 0 Å². The lowest BCUT2D eigenvalue weighted by atomic mass is 10.3. The van der Waals surface area contributed by atoms with Crippen LogP contribution in [0.1, 0.15) is 0 Å². The first kappa shape index (κ1) is 32.0. The molecule has 12 nitrogen and oxygen atoms in total. The van der Waals surface area contributed by atoms with Crippen molar-refractivity contribution in [2.75, 3.05) is 98.4 Å². The summed E-state index contributed by atoms with van der Waals surface area (Å²) < 4.78 is 15.4. The quantitative estimate of drug-likeness (QED) is 0.178. The first-order valence-corrected chi connectivity index (χ1v) is 12.2. The topological polar surface area (TPSA) is 129 Å². The van der Waals surface area contributed by atoms with E-state index in [2.05, 4.69) is 19.7 Å². The summed E-state index contributed by atoms with van der Waals surface area (Å²) in [5, 5.41) is 9.36. The predicted molar refractivity (Wildman–Crippen MR) is 137 cm³/mol. The zero-order valence-corrected chi connectivity index (χ0v) is 21.6. The molecule has 1 fully saturated rings. The zero-order valence-electron chi connectivity index (χ0n) is 21.6. The van der Waals surface area contributed by atoms with E-state index in [1.165, 1.54) is 18.2 Å². The van der Waals surface area contributed by atoms with Gasteiger partial charge in [-0.15, -0.1) is 0 Å². The van der Waals surface area contributed by atoms with Gasteiger partial charge in [0, 0.05) is 52.4 Å². The molecule has 0 aromatic carbocycles. The highest BCUT2D eigenvalue weighted by molar-refractivity contribution is 5.72. The summed E-state index contributed by atoms with van der Waals surface area (Å²) in [7, 11) is 0. The minimum atomic E-state index is -0.967. The fraction of sp³-hybridized carbons (Fsp3) is 0.600. The Morgan fingerprint density at radius 1 is 0.541 bits per heavy atom. The fourth-order valence-electron chi connectivity index (χ4n) is 3.54. The highest BCUT2D eigenvalue weighted by atomic mass is 16.5. The Hall–Kier alpha value is -3.06. The number of carboxylic acid groups (broad SMARTS) is 1. The van der Waals surface area contributed by atoms with E-state index in [-0.39, 0.29) is 46.0 Å². The van der Waals surface area contributed by atoms with Crippen molar-refractivity contribution in [3.8, 4) is 0 Å². The maximum atomic E-state index is 12.3. The minimum absolute atomic E-state index is 0.0186. The summed E-state index contributed by atoms with van der Waals surface area (Å²) in [6, 6.07) is 0. The van der Waals surface area contributed by atoms with E-state index in [1.807, 2.05) is 14.7 Å². The Labute approximate surface area is 218 Å². The molecular formula is C25H40N4O8. The third-order valence-electron chi connectivity index (χ3n) is 5.43. The molecule has 1 N–H and O–H groups in total. The molecule has 208 valence electrons. The molecule has 0 atom stereocenters. The molecule has 0 spiro atoms. The van der Waals surface area contributed by atoms with Gasteiger partial charge in [0.25, 0.3) is 0 Å². The Balaban J connectivity index is 3.01. The number of esters is 3. The standard InChI is InChI=1S/C25H40N4O8/c1-4-15-35-23(32)19-27-9-7-26(18-22(30)31)8-10-28(20-24(33)36-16-5-2)12-14-29(13-11-27)21-25(34)37-17-6-3/h4-6H,1-3,7-21H2,(H,30,31). The van der Waals surface area contributed by atoms with Crippen molar-refractivity contribution in [3.05, 3.63) is 38.0 Å². The van der Waals surface area contributed by atoms with Crippen molar-refractivity contribution in [3.63, 3.8) is 0 Å². The first-order chi connectivity index (χ1) is 17.8. The smallest absolute Gasteiger partial charge is 0.320 e. The van der Waals surface area contributed by atoms with Crippen LogP contribution in [0.15, 0.2) is 38.0 Å². The van der Waals surface area contributed by atoms with Crippen molar-refractivity contribution in [1.29, 1.82) is 0 Å². The summed E-state index contributed by atoms with van der Waals surface area (Å²) in [6.07, 6.45) is 4.46. The van der Waals surface area contributed by atoms with Gasteiger partial charge in [0.15, 0.2) is 0 Å². The fourth-order valence-corrected chi connectivity index (χ4v) is 3.54. The molecule has 1 aliphatic rings. The van der Waals surface area contributed by atoms with Crippen molar-refractivity contribution in [1.82, 2.24) is 19.6 Å². The van der Waals surface area contributed by atoms with E-state index in [1.54, 1.807) is 4.90 Å². The molecule has 1 aliphatic heterocycles. The molecule has 0 unspecified atom stereocenters. The number of carbonyl (C=O) groups is 4. The Morgan fingerprint density at radius 3 is 1.00 bits per heavy atom. The van der Waals surface area contributed by atoms with Crippen LogP contribution < -0.4 is 0 Å². The maximum absolute atomic E-state index is 12.3. The van der Waals surface area contributed by atoms with Crippen LogP contribution in [0.4, 0.5) is 0 Å². The number of ether oxygens (including phenoxy) is 3. The van der Waals surface area contributed by atoms with Gasteiger partial charge in [0.05, 0.1) is 26.2 Å². The second-order valence-corrected chi connectivity index (χ2v) is 8.41. The number of hydrogen-bond donors (Lipinski definition) is 1. The van der Waals surface area contributed by atoms with Crippen molar-refractivity contribution >= 4 is 23.9 Å². The maximum Gasteiger partial charge on any atom is 0.320 e. The van der Waals surface area contributed by atoms with Crippen LogP contribution in [-0.4, -0.2) is 147 Å². The molecule has 1 saturated heterocycles. The Kier molecular flexibility index (Phi) is 16.5. The van der Waals surface area contributed by atoms with E-state index in [0.29, 0.717) is 52.4 Å². The molecule has 12 heteroatoms. The van der Waals surface area contributed by atoms with Crippen molar-refractivity contribution in [2.24, 2.45) is 0 Å². The van der Waals surface area contributed by atoms with Crippen LogP contribution in [-0.2, 0) is 33.4 Å². The van der Waals surface area contributed by atoms with Gasteiger partial charge < -0.3 is 19.3 Å². The van der Waals surface area contributed by atoms with Crippen LogP contribution in [0.5, 0.6) is 0 Å². The lowest BCUT2D eigenvalue weighted by Gasteiger charge is -2.33. The van der Waals surface area contributed by atoms with Gasteiger partial charge in [-0.1, -0.05) is 38.0 Å². The number of hydrogen-bond acceptors (Lipinski definition) is 11. The molecule has 0 saturated carbocycles. The van der Waals surface area contributed by atoms with Crippen LogP contribution in [0, 0.1) is 0 Å². The van der Waals surface area contributed by atoms with E-state index >= 15 is 0 Å². The lowest BCUT2D eigenvalue weighted by Crippen LogP contribution is -2.49. The average molecular weight is 525 g/mol. The molecule has 37 heavy (non-hydrogen) atoms. The van der Waals surface area contributed by atoms with Crippen LogP contribution in [0.3, 0.4) is 0 Å². The molecule has 0 aromatic heterocycles. The van der Waals surface area contributed by atoms with Crippen molar-refractivity contribution < 1.29 is 38.5 Å². The summed E-state index contributed by atoms with van der Waals surface area (Å²) in [5.74, 6) is -2.21. The largest absolute Gasteiger partial charge is 0.480 e. The first-order valence-electron chi connectivity index (χ1n) is 12.2. The second-order valence-electron chi connectivity index (χ2n) is 8.41. The molecule has 0 aromatic rings.